The van der Waals surface area contributed by atoms with Crippen LogP contribution in [0.2, 0.25) is 5.02 Å². The standard InChI is InChI=1S/C35H46ClN3O6S/c1-25-21-39(26(2)24-40)35(41)32-20-30(37-46(42,43)31-16-13-29(36)14-17-31)15-18-33(32)45-27(3)10-8-9-19-44-34(25)23-38(4)22-28-11-6-5-7-12-28/h5-7,11-18,20,25-27,34,37,40H,8-10,19,21-24H2,1-4H3/t25-,26+,27+,34+/m0/s1. The van der Waals surface area contributed by atoms with Gasteiger partial charge in [0, 0.05) is 42.9 Å². The number of aliphatic hydroxyl groups excluding tert-OH is 1. The first-order valence-corrected chi connectivity index (χ1v) is 17.7. The maximum absolute atomic E-state index is 14.3. The lowest BCUT2D eigenvalue weighted by atomic mass is 10.0. The van der Waals surface area contributed by atoms with Gasteiger partial charge in [0.2, 0.25) is 0 Å². The lowest BCUT2D eigenvalue weighted by Crippen LogP contribution is -2.47. The largest absolute Gasteiger partial charge is 0.490 e. The fourth-order valence-corrected chi connectivity index (χ4v) is 6.72. The van der Waals surface area contributed by atoms with Crippen molar-refractivity contribution in [2.75, 3.05) is 38.1 Å². The summed E-state index contributed by atoms with van der Waals surface area (Å²) in [5, 5.41) is 10.6. The molecule has 0 radical (unpaired) electrons. The monoisotopic (exact) mass is 671 g/mol. The first-order chi connectivity index (χ1) is 22.0. The van der Waals surface area contributed by atoms with Crippen molar-refractivity contribution in [3.8, 4) is 5.75 Å². The van der Waals surface area contributed by atoms with Gasteiger partial charge in [0.15, 0.2) is 0 Å². The minimum atomic E-state index is -3.95. The summed E-state index contributed by atoms with van der Waals surface area (Å²) in [6.07, 6.45) is 2.16. The van der Waals surface area contributed by atoms with Crippen molar-refractivity contribution < 1.29 is 27.8 Å². The van der Waals surface area contributed by atoms with Gasteiger partial charge in [-0.1, -0.05) is 48.9 Å². The smallest absolute Gasteiger partial charge is 0.261 e. The van der Waals surface area contributed by atoms with Crippen LogP contribution >= 0.6 is 11.6 Å². The zero-order valence-electron chi connectivity index (χ0n) is 27.1. The van der Waals surface area contributed by atoms with Crippen LogP contribution in [0.25, 0.3) is 0 Å². The highest BCUT2D eigenvalue weighted by molar-refractivity contribution is 7.92. The molecule has 1 amide bonds. The molecule has 3 aromatic rings. The van der Waals surface area contributed by atoms with Gasteiger partial charge in [-0.25, -0.2) is 8.42 Å². The Balaban J connectivity index is 1.64. The number of halogens is 1. The van der Waals surface area contributed by atoms with Crippen LogP contribution in [0.15, 0.2) is 77.7 Å². The molecule has 250 valence electrons. The summed E-state index contributed by atoms with van der Waals surface area (Å²) in [5.41, 5.74) is 1.64. The van der Waals surface area contributed by atoms with E-state index in [2.05, 4.69) is 35.7 Å². The summed E-state index contributed by atoms with van der Waals surface area (Å²) >= 11 is 5.95. The van der Waals surface area contributed by atoms with Gasteiger partial charge in [0.25, 0.3) is 15.9 Å². The molecule has 1 aliphatic rings. The molecule has 2 N–H and O–H groups in total. The second-order valence-corrected chi connectivity index (χ2v) is 14.4. The second-order valence-electron chi connectivity index (χ2n) is 12.3. The summed E-state index contributed by atoms with van der Waals surface area (Å²) in [7, 11) is -1.89. The summed E-state index contributed by atoms with van der Waals surface area (Å²) in [6, 6.07) is 20.3. The number of nitrogens with zero attached hydrogens (tertiary/aromatic N) is 2. The van der Waals surface area contributed by atoms with Gasteiger partial charge in [-0.3, -0.25) is 14.4 Å². The molecule has 0 unspecified atom stereocenters. The molecule has 0 bridgehead atoms. The van der Waals surface area contributed by atoms with Crippen LogP contribution in [0.5, 0.6) is 5.75 Å². The second kappa shape index (κ2) is 16.6. The number of ether oxygens (including phenoxy) is 2. The van der Waals surface area contributed by atoms with E-state index >= 15 is 0 Å². The molecular weight excluding hydrogens is 626 g/mol. The number of fused-ring (bicyclic) bond motifs is 1. The lowest BCUT2D eigenvalue weighted by molar-refractivity contribution is -0.0177. The highest BCUT2D eigenvalue weighted by Crippen LogP contribution is 2.30. The maximum atomic E-state index is 14.3. The van der Waals surface area contributed by atoms with Crippen molar-refractivity contribution in [1.29, 1.82) is 0 Å². The van der Waals surface area contributed by atoms with E-state index in [-0.39, 0.29) is 46.8 Å². The predicted molar refractivity (Wildman–Crippen MR) is 182 cm³/mol. The Labute approximate surface area is 278 Å². The molecule has 4 rings (SSSR count). The van der Waals surface area contributed by atoms with Crippen molar-refractivity contribution in [3.63, 3.8) is 0 Å². The molecule has 4 atom stereocenters. The molecule has 0 aliphatic carbocycles. The van der Waals surface area contributed by atoms with Crippen LogP contribution in [0.4, 0.5) is 5.69 Å². The zero-order valence-corrected chi connectivity index (χ0v) is 28.6. The molecule has 1 heterocycles. The van der Waals surface area contributed by atoms with Crippen molar-refractivity contribution in [3.05, 3.63) is 88.9 Å². The Morgan fingerprint density at radius 2 is 1.78 bits per heavy atom. The van der Waals surface area contributed by atoms with Crippen LogP contribution in [-0.4, -0.2) is 80.8 Å². The lowest BCUT2D eigenvalue weighted by Gasteiger charge is -2.36. The van der Waals surface area contributed by atoms with Gasteiger partial charge in [-0.15, -0.1) is 0 Å². The molecule has 1 aliphatic heterocycles. The van der Waals surface area contributed by atoms with Crippen LogP contribution in [0, 0.1) is 5.92 Å². The van der Waals surface area contributed by atoms with Gasteiger partial charge in [0.1, 0.15) is 5.75 Å². The molecule has 11 heteroatoms. The van der Waals surface area contributed by atoms with Crippen molar-refractivity contribution in [1.82, 2.24) is 9.80 Å². The number of likely N-dealkylation sites (N-methyl/N-ethyl adjacent to an activating group) is 1. The Bertz CT molecular complexity index is 1520. The number of hydrogen-bond acceptors (Lipinski definition) is 7. The minimum absolute atomic E-state index is 0.0424. The fraction of sp³-hybridized carbons (Fsp3) is 0.457. The van der Waals surface area contributed by atoms with E-state index in [9.17, 15) is 18.3 Å². The number of amides is 1. The van der Waals surface area contributed by atoms with Gasteiger partial charge in [-0.2, -0.15) is 0 Å². The van der Waals surface area contributed by atoms with Crippen molar-refractivity contribution in [2.24, 2.45) is 5.92 Å². The number of carbonyl (C=O) groups excluding carboxylic acids is 1. The number of hydrogen-bond donors (Lipinski definition) is 2. The van der Waals surface area contributed by atoms with Gasteiger partial charge in [-0.05, 0) is 88.2 Å². The molecule has 0 saturated heterocycles. The van der Waals surface area contributed by atoms with Crippen LogP contribution < -0.4 is 9.46 Å². The number of rotatable bonds is 9. The summed E-state index contributed by atoms with van der Waals surface area (Å²) in [4.78, 5) is 18.2. The number of carbonyl (C=O) groups is 1. The fourth-order valence-electron chi connectivity index (χ4n) is 5.54. The molecule has 0 fully saturated rings. The molecule has 3 aromatic carbocycles. The Hall–Kier alpha value is -3.15. The first kappa shape index (κ1) is 35.7. The minimum Gasteiger partial charge on any atom is -0.490 e. The summed E-state index contributed by atoms with van der Waals surface area (Å²) < 4.78 is 41.6. The first-order valence-electron chi connectivity index (χ1n) is 15.8. The van der Waals surface area contributed by atoms with Crippen LogP contribution in [0.1, 0.15) is 56.0 Å². The van der Waals surface area contributed by atoms with E-state index in [1.54, 1.807) is 24.0 Å². The Morgan fingerprint density at radius 3 is 2.48 bits per heavy atom. The number of sulfonamides is 1. The highest BCUT2D eigenvalue weighted by atomic mass is 35.5. The quantitative estimate of drug-likeness (QED) is 0.284. The number of aliphatic hydroxyl groups is 1. The third kappa shape index (κ3) is 9.92. The maximum Gasteiger partial charge on any atom is 0.261 e. The number of anilines is 1. The number of benzene rings is 3. The van der Waals surface area contributed by atoms with E-state index in [0.29, 0.717) is 30.5 Å². The molecule has 9 nitrogen and oxygen atoms in total. The molecule has 0 saturated carbocycles. The highest BCUT2D eigenvalue weighted by Gasteiger charge is 2.30. The van der Waals surface area contributed by atoms with Crippen molar-refractivity contribution in [2.45, 2.75) is 69.7 Å². The van der Waals surface area contributed by atoms with E-state index in [1.807, 2.05) is 25.1 Å². The van der Waals surface area contributed by atoms with E-state index in [0.717, 1.165) is 25.8 Å². The Kier molecular flexibility index (Phi) is 12.9. The normalized spacial score (nSPS) is 20.8. The van der Waals surface area contributed by atoms with Crippen molar-refractivity contribution >= 4 is 33.2 Å². The topological polar surface area (TPSA) is 108 Å². The SMILES string of the molecule is C[C@@H]1CCCCO[C@H](CN(C)Cc2ccccc2)[C@@H](C)CN([C@H](C)CO)C(=O)c2cc(NS(=O)(=O)c3ccc(Cl)cc3)ccc2O1. The van der Waals surface area contributed by atoms with E-state index < -0.39 is 16.1 Å². The summed E-state index contributed by atoms with van der Waals surface area (Å²) in [5.74, 6) is -0.0761. The van der Waals surface area contributed by atoms with Gasteiger partial charge in [0.05, 0.1) is 35.3 Å². The average Bonchev–Trinajstić information content (AvgIpc) is 3.03. The Morgan fingerprint density at radius 1 is 1.07 bits per heavy atom. The predicted octanol–water partition coefficient (Wildman–Crippen LogP) is 6.07. The molecule has 46 heavy (non-hydrogen) atoms. The molecular formula is C35H46ClN3O6S. The van der Waals surface area contributed by atoms with Crippen LogP contribution in [0.3, 0.4) is 0 Å². The third-order valence-corrected chi connectivity index (χ3v) is 9.86. The molecule has 0 aromatic heterocycles. The van der Waals surface area contributed by atoms with E-state index in [1.165, 1.54) is 35.9 Å². The van der Waals surface area contributed by atoms with E-state index in [4.69, 9.17) is 21.1 Å². The van der Waals surface area contributed by atoms with Crippen LogP contribution in [-0.2, 0) is 21.3 Å². The average molecular weight is 672 g/mol. The molecule has 0 spiro atoms. The van der Waals surface area contributed by atoms with Gasteiger partial charge >= 0.3 is 0 Å². The number of nitrogens with one attached hydrogen (secondary N) is 1. The summed E-state index contributed by atoms with van der Waals surface area (Å²) in [6.45, 7) is 7.91. The zero-order chi connectivity index (χ0) is 33.3. The third-order valence-electron chi connectivity index (χ3n) is 8.21. The van der Waals surface area contributed by atoms with Gasteiger partial charge < -0.3 is 19.5 Å².